The predicted octanol–water partition coefficient (Wildman–Crippen LogP) is -5.82. The fraction of sp³-hybridized carbons (Fsp3) is 0.288. The van der Waals surface area contributed by atoms with Crippen LogP contribution in [0.25, 0.3) is 44.7 Å². The first kappa shape index (κ1) is 74.2. The number of nitrogens with zero attached hydrogens (tertiary/aromatic N) is 12. The minimum Gasteiger partial charge on any atom is -0.394 e. The van der Waals surface area contributed by atoms with Gasteiger partial charge in [0.15, 0.2) is 92.9 Å². The zero-order valence-corrected chi connectivity index (χ0v) is 58.1. The molecule has 0 aliphatic carbocycles. The van der Waals surface area contributed by atoms with Gasteiger partial charge in [0.1, 0.15) is 73.2 Å². The van der Waals surface area contributed by atoms with Gasteiger partial charge in [0.05, 0.1) is 31.8 Å². The van der Waals surface area contributed by atoms with Gasteiger partial charge in [-0.1, -0.05) is 72.2 Å². The molecule has 24 N–H and O–H groups in total. The van der Waals surface area contributed by atoms with Gasteiger partial charge in [-0.25, -0.2) is 19.9 Å². The van der Waals surface area contributed by atoms with E-state index in [4.69, 9.17) is 41.9 Å². The number of rotatable bonds is 12. The van der Waals surface area contributed by atoms with Gasteiger partial charge < -0.3 is 103 Å². The van der Waals surface area contributed by atoms with Crippen LogP contribution in [0.15, 0.2) is 116 Å². The number of aliphatic hydroxyl groups is 12. The Labute approximate surface area is 630 Å². The van der Waals surface area contributed by atoms with Crippen molar-refractivity contribution in [3.8, 4) is 47.4 Å². The molecular formula is C73H64N20O20. The normalized spacial score (nSPS) is 24.8. The first-order valence-corrected chi connectivity index (χ1v) is 34.5. The fourth-order valence-corrected chi connectivity index (χ4v) is 14.4. The first-order valence-electron chi connectivity index (χ1n) is 34.5. The van der Waals surface area contributed by atoms with Gasteiger partial charge in [0, 0.05) is 22.3 Å². The van der Waals surface area contributed by atoms with Crippen molar-refractivity contribution in [2.45, 2.75) is 104 Å². The third kappa shape index (κ3) is 12.7. The molecule has 16 atom stereocenters. The molecule has 0 unspecified atom stereocenters. The molecule has 4 aromatic carbocycles. The van der Waals surface area contributed by atoms with Crippen LogP contribution < -0.4 is 45.2 Å². The van der Waals surface area contributed by atoms with Crippen molar-refractivity contribution in [3.05, 3.63) is 206 Å². The van der Waals surface area contributed by atoms with Gasteiger partial charge in [0.2, 0.25) is 23.8 Å². The average molecular weight is 1540 g/mol. The van der Waals surface area contributed by atoms with E-state index < -0.39 is 152 Å². The standard InChI is InChI=1S/C73H64N20O20/c74-69-82-57-45(61(106)86-69)78-41(90(57)65-53(102)49(98)37(25-94)110-65)21-9-29-1-13-33(14-2-29)73(34-15-3-30(4-16-34)10-22-42-79-46-58(83-70(75)87-62(46)107)91(42)66-54(103)50(99)38(26-95)111-66,35-17-5-31(6-18-35)11-23-43-80-47-59(84-71(76)88-63(47)108)92(43)67-55(104)51(100)39(27-96)112-67)36-19-7-32(8-20-36)12-24-44-81-48-60(85-72(77)89-64(48)109)93(44)68-56(105)52(101)40(28-97)113-68/h1-8,13-20,37-40,49-56,65-68,94-105H,25-28H2,(H3,74,82,86,106)(H3,75,83,87,107)(H3,76,84,88,108)(H3,77,85,89,109)/t37-,38-,39-,40-,49-,50-,51-,52-,53-,54-,55-,56-,65-,66-,67-,68-/m1/s1. The highest BCUT2D eigenvalue weighted by Gasteiger charge is 2.49. The number of fused-ring (bicyclic) bond motifs is 4. The van der Waals surface area contributed by atoms with E-state index in [-0.39, 0.29) is 91.7 Å². The number of H-pyrrole nitrogens is 4. The molecular weight excluding hydrogens is 1480 g/mol. The van der Waals surface area contributed by atoms with Gasteiger partial charge in [-0.15, -0.1) is 0 Å². The van der Waals surface area contributed by atoms with E-state index in [9.17, 15) is 80.5 Å². The molecule has 12 aromatic rings. The largest absolute Gasteiger partial charge is 0.394 e. The van der Waals surface area contributed by atoms with Crippen LogP contribution in [0.2, 0.25) is 0 Å². The number of imidazole rings is 4. The SMILES string of the molecule is Nc1nc2c(nc(C#Cc3ccc(C(c4ccc(C#Cc5nc6c(=O)[nH]c(N)nc6n5[C@@H]5O[C@H](CO)[C@@H](O)[C@H]5O)cc4)(c4ccc(C#Cc5nc6c(=O)[nH]c(N)nc6n5[C@@H]5O[C@H](CO)[C@@H](O)[C@H]5O)cc4)c4ccc(C#Cc5nc6c(=O)[nH]c(N)nc6n5[C@@H]5O[C@H](CO)[C@@H](O)[C@H]5O)cc4)cc3)n2[C@@H]2O[C@H](CO)[C@@H](O)[C@H]2O)c(=O)[nH]1. The molecule has 12 heterocycles. The van der Waals surface area contributed by atoms with Crippen molar-refractivity contribution in [2.75, 3.05) is 49.4 Å². The number of nitrogens with two attached hydrogens (primary N) is 4. The number of nitrogen functional groups attached to an aromatic ring is 4. The summed E-state index contributed by atoms with van der Waals surface area (Å²) in [5, 5.41) is 129. The molecule has 8 aromatic heterocycles. The van der Waals surface area contributed by atoms with Crippen molar-refractivity contribution in [1.29, 1.82) is 0 Å². The third-order valence-corrected chi connectivity index (χ3v) is 19.9. The second-order valence-corrected chi connectivity index (χ2v) is 26.7. The lowest BCUT2D eigenvalue weighted by molar-refractivity contribution is -0.0514. The summed E-state index contributed by atoms with van der Waals surface area (Å²) in [5.41, 5.74) is 21.4. The highest BCUT2D eigenvalue weighted by atomic mass is 16.6. The summed E-state index contributed by atoms with van der Waals surface area (Å²) in [7, 11) is 0. The van der Waals surface area contributed by atoms with Crippen molar-refractivity contribution in [3.63, 3.8) is 0 Å². The van der Waals surface area contributed by atoms with E-state index in [1.165, 1.54) is 18.3 Å². The van der Waals surface area contributed by atoms with Crippen LogP contribution in [0.3, 0.4) is 0 Å². The van der Waals surface area contributed by atoms with E-state index in [0.29, 0.717) is 44.5 Å². The minimum absolute atomic E-state index is 0.154. The molecule has 0 bridgehead atoms. The van der Waals surface area contributed by atoms with Crippen LogP contribution in [-0.2, 0) is 24.4 Å². The maximum Gasteiger partial charge on any atom is 0.280 e. The van der Waals surface area contributed by atoms with Crippen molar-refractivity contribution >= 4 is 68.4 Å². The Morgan fingerprint density at radius 3 is 0.681 bits per heavy atom. The van der Waals surface area contributed by atoms with E-state index in [0.717, 1.165) is 0 Å². The molecule has 4 aliphatic heterocycles. The van der Waals surface area contributed by atoms with Crippen LogP contribution in [0.5, 0.6) is 0 Å². The quantitative estimate of drug-likeness (QED) is 0.0400. The van der Waals surface area contributed by atoms with E-state index in [1.807, 2.05) is 0 Å². The average Bonchev–Trinajstić information content (AvgIpc) is 1.71. The molecule has 0 saturated carbocycles. The Kier molecular flexibility index (Phi) is 19.1. The molecule has 0 spiro atoms. The van der Waals surface area contributed by atoms with E-state index in [1.54, 1.807) is 97.1 Å². The Bertz CT molecular complexity index is 5550. The summed E-state index contributed by atoms with van der Waals surface area (Å²) >= 11 is 0. The molecule has 4 aliphatic rings. The number of aromatic nitrogens is 16. The number of hydrogen-bond acceptors (Lipinski definition) is 32. The summed E-state index contributed by atoms with van der Waals surface area (Å²) in [4.78, 5) is 97.6. The monoisotopic (exact) mass is 1540 g/mol. The van der Waals surface area contributed by atoms with Gasteiger partial charge in [0.25, 0.3) is 22.2 Å². The summed E-state index contributed by atoms with van der Waals surface area (Å²) in [5.74, 6) is 22.2. The molecule has 40 heteroatoms. The Hall–Kier alpha value is -12.9. The third-order valence-electron chi connectivity index (χ3n) is 19.9. The number of ether oxygens (including phenoxy) is 4. The molecule has 0 amide bonds. The lowest BCUT2D eigenvalue weighted by atomic mass is 9.65. The molecule has 0 radical (unpaired) electrons. The zero-order chi connectivity index (χ0) is 79.3. The highest BCUT2D eigenvalue weighted by molar-refractivity contribution is 5.76. The predicted molar refractivity (Wildman–Crippen MR) is 391 cm³/mol. The number of benzene rings is 4. The lowest BCUT2D eigenvalue weighted by Crippen LogP contribution is -2.33. The Morgan fingerprint density at radius 2 is 0.504 bits per heavy atom. The summed E-state index contributed by atoms with van der Waals surface area (Å²) in [6.07, 6.45) is -23.9. The molecule has 4 saturated heterocycles. The second-order valence-electron chi connectivity index (χ2n) is 26.7. The van der Waals surface area contributed by atoms with Gasteiger partial charge in [-0.05, 0) is 94.5 Å². The smallest absolute Gasteiger partial charge is 0.280 e. The van der Waals surface area contributed by atoms with E-state index in [2.05, 4.69) is 107 Å². The van der Waals surface area contributed by atoms with Crippen molar-refractivity contribution < 1.29 is 80.2 Å². The molecule has 4 fully saturated rings. The molecule has 113 heavy (non-hydrogen) atoms. The number of hydrogen-bond donors (Lipinski definition) is 20. The van der Waals surface area contributed by atoms with Gasteiger partial charge >= 0.3 is 0 Å². The minimum atomic E-state index is -1.67. The maximum atomic E-state index is 13.3. The molecule has 576 valence electrons. The van der Waals surface area contributed by atoms with Crippen molar-refractivity contribution in [1.82, 2.24) is 78.1 Å². The number of nitrogens with one attached hydrogen (secondary N) is 4. The van der Waals surface area contributed by atoms with Crippen LogP contribution in [0.1, 0.15) is 92.7 Å². The second kappa shape index (κ2) is 29.1. The Morgan fingerprint density at radius 1 is 0.310 bits per heavy atom. The lowest BCUT2D eigenvalue weighted by Gasteiger charge is -2.37. The number of anilines is 4. The maximum absolute atomic E-state index is 13.3. The molecule has 16 rings (SSSR count). The first-order chi connectivity index (χ1) is 54.4. The van der Waals surface area contributed by atoms with Gasteiger partial charge in [-0.2, -0.15) is 19.9 Å². The summed E-state index contributed by atoms with van der Waals surface area (Å²) < 4.78 is 28.3. The van der Waals surface area contributed by atoms with Crippen molar-refractivity contribution in [2.24, 2.45) is 0 Å². The van der Waals surface area contributed by atoms with E-state index >= 15 is 0 Å². The number of aromatic amines is 4. The van der Waals surface area contributed by atoms with Gasteiger partial charge in [-0.3, -0.25) is 57.4 Å². The number of aliphatic hydroxyl groups excluding tert-OH is 12. The zero-order valence-electron chi connectivity index (χ0n) is 58.1. The molecule has 40 nitrogen and oxygen atoms in total. The van der Waals surface area contributed by atoms with Crippen LogP contribution >= 0.6 is 0 Å². The summed E-state index contributed by atoms with van der Waals surface area (Å²) in [6.45, 7) is -2.75. The Balaban J connectivity index is 0.865. The fourth-order valence-electron chi connectivity index (χ4n) is 14.4. The highest BCUT2D eigenvalue weighted by Crippen LogP contribution is 2.46. The van der Waals surface area contributed by atoms with Crippen LogP contribution in [-0.4, -0.2) is 239 Å². The van der Waals surface area contributed by atoms with Crippen LogP contribution in [0, 0.1) is 47.4 Å². The topological polar surface area (TPSA) is 638 Å². The van der Waals surface area contributed by atoms with Crippen LogP contribution in [0.4, 0.5) is 23.8 Å². The summed E-state index contributed by atoms with van der Waals surface area (Å²) in [6, 6.07) is 27.7.